The van der Waals surface area contributed by atoms with Crippen molar-refractivity contribution >= 4 is 28.6 Å². The fraction of sp³-hybridized carbons (Fsp3) is 0.280. The molecule has 0 aliphatic carbocycles. The molecule has 0 saturated heterocycles. The standard InChI is InChI=1S/C25H19ClF6N4O5/c1-3-41-21(38)15-11-34(14-7-8-17-18(9-14)36(12-24(27,28)29)22(39)33(17)2)23(40)35(20(15)37)10-13-5-4-6-16(26)19(13)25(30,31)32/h4-9,11H,3,10,12H2,1-2H3. The van der Waals surface area contributed by atoms with Crippen molar-refractivity contribution in [1.82, 2.24) is 18.3 Å². The molecule has 0 N–H and O–H groups in total. The Bertz CT molecular complexity index is 1850. The molecule has 2 aromatic heterocycles. The van der Waals surface area contributed by atoms with Crippen LogP contribution in [0.15, 0.2) is 57.0 Å². The van der Waals surface area contributed by atoms with E-state index < -0.39 is 70.1 Å². The van der Waals surface area contributed by atoms with E-state index in [2.05, 4.69) is 0 Å². The second kappa shape index (κ2) is 10.6. The number of fused-ring (bicyclic) bond motifs is 1. The number of ether oxygens (including phenoxy) is 1. The lowest BCUT2D eigenvalue weighted by molar-refractivity contribution is -0.140. The maximum absolute atomic E-state index is 13.8. The lowest BCUT2D eigenvalue weighted by Gasteiger charge is -2.17. The second-order valence-electron chi connectivity index (χ2n) is 8.79. The molecular weight excluding hydrogens is 586 g/mol. The molecule has 9 nitrogen and oxygen atoms in total. The van der Waals surface area contributed by atoms with E-state index in [-0.39, 0.29) is 23.3 Å². The van der Waals surface area contributed by atoms with Gasteiger partial charge in [0.05, 0.1) is 40.5 Å². The van der Waals surface area contributed by atoms with Crippen LogP contribution in [0, 0.1) is 0 Å². The van der Waals surface area contributed by atoms with Crippen molar-refractivity contribution in [3.8, 4) is 5.69 Å². The fourth-order valence-corrected chi connectivity index (χ4v) is 4.65. The number of benzene rings is 2. The highest BCUT2D eigenvalue weighted by Gasteiger charge is 2.36. The molecular formula is C25H19ClF6N4O5. The number of halogens is 7. The van der Waals surface area contributed by atoms with Crippen LogP contribution in [-0.2, 0) is 31.1 Å². The quantitative estimate of drug-likeness (QED) is 0.244. The van der Waals surface area contributed by atoms with Gasteiger partial charge in [0.15, 0.2) is 0 Å². The Balaban J connectivity index is 2.01. The molecule has 0 saturated carbocycles. The van der Waals surface area contributed by atoms with Gasteiger partial charge in [0.2, 0.25) is 0 Å². The Labute approximate surface area is 230 Å². The van der Waals surface area contributed by atoms with E-state index in [9.17, 15) is 45.5 Å². The molecule has 0 aliphatic rings. The first kappa shape index (κ1) is 29.7. The van der Waals surface area contributed by atoms with Gasteiger partial charge >= 0.3 is 29.7 Å². The summed E-state index contributed by atoms with van der Waals surface area (Å²) >= 11 is 5.77. The van der Waals surface area contributed by atoms with Crippen molar-refractivity contribution in [2.24, 2.45) is 7.05 Å². The van der Waals surface area contributed by atoms with Crippen LogP contribution in [0.3, 0.4) is 0 Å². The molecule has 0 amide bonds. The van der Waals surface area contributed by atoms with Gasteiger partial charge in [-0.15, -0.1) is 0 Å². The monoisotopic (exact) mass is 604 g/mol. The molecule has 41 heavy (non-hydrogen) atoms. The number of hydrogen-bond donors (Lipinski definition) is 0. The third-order valence-electron chi connectivity index (χ3n) is 6.12. The Hall–Kier alpha value is -4.27. The van der Waals surface area contributed by atoms with E-state index >= 15 is 0 Å². The minimum absolute atomic E-state index is 0.0729. The first-order valence-corrected chi connectivity index (χ1v) is 12.1. The molecule has 2 aromatic carbocycles. The van der Waals surface area contributed by atoms with Gasteiger partial charge in [0.1, 0.15) is 12.1 Å². The third kappa shape index (κ3) is 5.66. The summed E-state index contributed by atoms with van der Waals surface area (Å²) in [6.45, 7) is -1.38. The van der Waals surface area contributed by atoms with Gasteiger partial charge in [-0.3, -0.25) is 23.1 Å². The minimum Gasteiger partial charge on any atom is -0.462 e. The zero-order valence-electron chi connectivity index (χ0n) is 21.1. The lowest BCUT2D eigenvalue weighted by atomic mass is 10.1. The zero-order chi connectivity index (χ0) is 30.4. The Morgan fingerprint density at radius 1 is 0.951 bits per heavy atom. The van der Waals surface area contributed by atoms with Gasteiger partial charge in [0, 0.05) is 13.2 Å². The second-order valence-corrected chi connectivity index (χ2v) is 9.20. The summed E-state index contributed by atoms with van der Waals surface area (Å²) in [5.41, 5.74) is -6.44. The van der Waals surface area contributed by atoms with Gasteiger partial charge < -0.3 is 4.74 Å². The van der Waals surface area contributed by atoms with Crippen molar-refractivity contribution < 1.29 is 35.9 Å². The molecule has 0 fully saturated rings. The van der Waals surface area contributed by atoms with Crippen LogP contribution in [0.4, 0.5) is 26.3 Å². The van der Waals surface area contributed by atoms with Gasteiger partial charge in [-0.2, -0.15) is 26.3 Å². The predicted octanol–water partition coefficient (Wildman–Crippen LogP) is 4.11. The van der Waals surface area contributed by atoms with E-state index in [0.29, 0.717) is 13.7 Å². The molecule has 0 spiro atoms. The van der Waals surface area contributed by atoms with Crippen molar-refractivity contribution in [1.29, 1.82) is 0 Å². The number of carbonyl (C=O) groups excluding carboxylic acids is 1. The van der Waals surface area contributed by atoms with Gasteiger partial charge in [-0.1, -0.05) is 23.7 Å². The Morgan fingerprint density at radius 3 is 2.24 bits per heavy atom. The van der Waals surface area contributed by atoms with E-state index in [1.807, 2.05) is 0 Å². The summed E-state index contributed by atoms with van der Waals surface area (Å²) in [6.07, 6.45) is -8.96. The van der Waals surface area contributed by atoms with Crippen molar-refractivity contribution in [2.75, 3.05) is 6.61 Å². The molecule has 0 atom stereocenters. The van der Waals surface area contributed by atoms with Crippen molar-refractivity contribution in [3.05, 3.63) is 95.6 Å². The number of carbonyl (C=O) groups is 1. The number of alkyl halides is 6. The summed E-state index contributed by atoms with van der Waals surface area (Å²) in [7, 11) is 1.24. The molecule has 16 heteroatoms. The maximum Gasteiger partial charge on any atom is 0.418 e. The lowest BCUT2D eigenvalue weighted by Crippen LogP contribution is -2.42. The summed E-state index contributed by atoms with van der Waals surface area (Å²) in [5.74, 6) is -1.20. The number of hydrogen-bond acceptors (Lipinski definition) is 5. The molecule has 0 bridgehead atoms. The summed E-state index contributed by atoms with van der Waals surface area (Å²) in [6, 6.07) is 6.66. The van der Waals surface area contributed by atoms with E-state index in [1.54, 1.807) is 0 Å². The molecule has 4 rings (SSSR count). The number of esters is 1. The number of rotatable bonds is 6. The van der Waals surface area contributed by atoms with Crippen molar-refractivity contribution in [2.45, 2.75) is 32.4 Å². The number of aromatic nitrogens is 4. The predicted molar refractivity (Wildman–Crippen MR) is 135 cm³/mol. The SMILES string of the molecule is CCOC(=O)c1cn(-c2ccc3c(c2)n(CC(F)(F)F)c(=O)n3C)c(=O)n(Cc2cccc(Cl)c2C(F)(F)F)c1=O. The maximum atomic E-state index is 13.8. The highest BCUT2D eigenvalue weighted by molar-refractivity contribution is 6.31. The first-order chi connectivity index (χ1) is 19.0. The van der Waals surface area contributed by atoms with Gasteiger partial charge in [0.25, 0.3) is 5.56 Å². The third-order valence-corrected chi connectivity index (χ3v) is 6.44. The van der Waals surface area contributed by atoms with E-state index in [1.165, 1.54) is 32.2 Å². The fourth-order valence-electron chi connectivity index (χ4n) is 4.34. The van der Waals surface area contributed by atoms with Crippen LogP contribution in [0.5, 0.6) is 0 Å². The highest BCUT2D eigenvalue weighted by atomic mass is 35.5. The average Bonchev–Trinajstić information content (AvgIpc) is 3.09. The van der Waals surface area contributed by atoms with Crippen LogP contribution in [-0.4, -0.2) is 37.0 Å². The minimum atomic E-state index is -4.96. The molecule has 4 aromatic rings. The highest BCUT2D eigenvalue weighted by Crippen LogP contribution is 2.37. The topological polar surface area (TPSA) is 97.2 Å². The summed E-state index contributed by atoms with van der Waals surface area (Å²) in [5, 5.41) is -0.693. The van der Waals surface area contributed by atoms with E-state index in [0.717, 1.165) is 29.0 Å². The van der Waals surface area contributed by atoms with Gasteiger partial charge in [-0.25, -0.2) is 14.4 Å². The molecule has 0 radical (unpaired) electrons. The smallest absolute Gasteiger partial charge is 0.418 e. The van der Waals surface area contributed by atoms with Crippen LogP contribution >= 0.6 is 11.6 Å². The zero-order valence-corrected chi connectivity index (χ0v) is 21.9. The largest absolute Gasteiger partial charge is 0.462 e. The number of nitrogens with zero attached hydrogens (tertiary/aromatic N) is 4. The molecule has 0 unspecified atom stereocenters. The average molecular weight is 605 g/mol. The van der Waals surface area contributed by atoms with Crippen LogP contribution in [0.25, 0.3) is 16.7 Å². The molecule has 2 heterocycles. The van der Waals surface area contributed by atoms with Crippen LogP contribution in [0.1, 0.15) is 28.4 Å². The molecule has 0 aliphatic heterocycles. The van der Waals surface area contributed by atoms with Crippen LogP contribution in [0.2, 0.25) is 5.02 Å². The van der Waals surface area contributed by atoms with Crippen molar-refractivity contribution in [3.63, 3.8) is 0 Å². The normalized spacial score (nSPS) is 12.2. The summed E-state index contributed by atoms with van der Waals surface area (Å²) < 4.78 is 88.2. The van der Waals surface area contributed by atoms with Crippen LogP contribution < -0.4 is 16.9 Å². The molecule has 218 valence electrons. The number of aryl methyl sites for hydroxylation is 1. The Morgan fingerprint density at radius 2 is 1.63 bits per heavy atom. The summed E-state index contributed by atoms with van der Waals surface area (Å²) in [4.78, 5) is 51.7. The first-order valence-electron chi connectivity index (χ1n) is 11.7. The van der Waals surface area contributed by atoms with E-state index in [4.69, 9.17) is 16.3 Å². The Kier molecular flexibility index (Phi) is 7.69. The number of imidazole rings is 1. The van der Waals surface area contributed by atoms with Gasteiger partial charge in [-0.05, 0) is 36.8 Å².